The highest BCUT2D eigenvalue weighted by Gasteiger charge is 2.09. The van der Waals surface area contributed by atoms with Crippen LogP contribution in [0.15, 0.2) is 40.1 Å². The summed E-state index contributed by atoms with van der Waals surface area (Å²) in [5.41, 5.74) is -1.06. The zero-order chi connectivity index (χ0) is 16.3. The molecule has 0 saturated heterocycles. The van der Waals surface area contributed by atoms with Gasteiger partial charge in [-0.1, -0.05) is 0 Å². The largest absolute Gasteiger partial charge is 0.331 e. The second-order valence-electron chi connectivity index (χ2n) is 4.48. The summed E-state index contributed by atoms with van der Waals surface area (Å²) in [4.78, 5) is 34.9. The number of benzene rings is 1. The third-order valence-corrected chi connectivity index (χ3v) is 2.94. The molecule has 0 aliphatic carbocycles. The van der Waals surface area contributed by atoms with Crippen LogP contribution in [0.4, 0.5) is 10.1 Å². The first kappa shape index (κ1) is 15.2. The van der Waals surface area contributed by atoms with E-state index in [1.165, 1.54) is 31.4 Å². The average Bonchev–Trinajstić information content (AvgIpc) is 2.50. The van der Waals surface area contributed by atoms with Crippen molar-refractivity contribution in [3.8, 4) is 6.07 Å². The van der Waals surface area contributed by atoms with Gasteiger partial charge in [-0.2, -0.15) is 5.26 Å². The van der Waals surface area contributed by atoms with E-state index in [2.05, 4.69) is 5.32 Å². The van der Waals surface area contributed by atoms with Crippen molar-refractivity contribution in [2.75, 3.05) is 5.32 Å². The number of aromatic nitrogens is 2. The maximum absolute atomic E-state index is 13.2. The standard InChI is InChI=1S/C14H11FN4O3/c1-18-13(21)4-5-19(14(18)22)8-12(20)17-10-2-3-11(15)9(6-10)7-16/h2-6H,8H2,1H3,(H,17,20). The van der Waals surface area contributed by atoms with E-state index in [1.807, 2.05) is 0 Å². The summed E-state index contributed by atoms with van der Waals surface area (Å²) < 4.78 is 15.1. The summed E-state index contributed by atoms with van der Waals surface area (Å²) in [5.74, 6) is -1.23. The Hall–Kier alpha value is -3.21. The second kappa shape index (κ2) is 6.05. The van der Waals surface area contributed by atoms with Crippen molar-refractivity contribution in [1.82, 2.24) is 9.13 Å². The molecule has 0 unspecified atom stereocenters. The summed E-state index contributed by atoms with van der Waals surface area (Å²) in [6.07, 6.45) is 1.22. The van der Waals surface area contributed by atoms with Crippen molar-refractivity contribution < 1.29 is 9.18 Å². The summed E-state index contributed by atoms with van der Waals surface area (Å²) in [7, 11) is 1.30. The molecule has 0 bridgehead atoms. The van der Waals surface area contributed by atoms with Crippen molar-refractivity contribution in [3.63, 3.8) is 0 Å². The van der Waals surface area contributed by atoms with E-state index in [4.69, 9.17) is 5.26 Å². The van der Waals surface area contributed by atoms with Gasteiger partial charge in [0.1, 0.15) is 18.4 Å². The zero-order valence-corrected chi connectivity index (χ0v) is 11.5. The molecular weight excluding hydrogens is 291 g/mol. The molecule has 2 aromatic rings. The van der Waals surface area contributed by atoms with E-state index in [0.717, 1.165) is 15.2 Å². The minimum Gasteiger partial charge on any atom is -0.324 e. The Bertz CT molecular complexity index is 892. The summed E-state index contributed by atoms with van der Waals surface area (Å²) in [5, 5.41) is 11.2. The predicted molar refractivity (Wildman–Crippen MR) is 75.7 cm³/mol. The Morgan fingerprint density at radius 1 is 1.36 bits per heavy atom. The molecule has 1 aromatic carbocycles. The number of anilines is 1. The van der Waals surface area contributed by atoms with Crippen LogP contribution in [0.3, 0.4) is 0 Å². The fourth-order valence-electron chi connectivity index (χ4n) is 1.78. The lowest BCUT2D eigenvalue weighted by atomic mass is 10.2. The Morgan fingerprint density at radius 3 is 2.77 bits per heavy atom. The van der Waals surface area contributed by atoms with Crippen molar-refractivity contribution >= 4 is 11.6 Å². The number of hydrogen-bond donors (Lipinski definition) is 1. The average molecular weight is 302 g/mol. The quantitative estimate of drug-likeness (QED) is 0.875. The van der Waals surface area contributed by atoms with Gasteiger partial charge < -0.3 is 5.32 Å². The van der Waals surface area contributed by atoms with E-state index < -0.39 is 23.0 Å². The zero-order valence-electron chi connectivity index (χ0n) is 11.5. The highest BCUT2D eigenvalue weighted by atomic mass is 19.1. The van der Waals surface area contributed by atoms with Gasteiger partial charge in [0, 0.05) is 25.0 Å². The number of amides is 1. The normalized spacial score (nSPS) is 10.0. The van der Waals surface area contributed by atoms with Crippen LogP contribution >= 0.6 is 0 Å². The number of nitriles is 1. The number of carbonyl (C=O) groups excluding carboxylic acids is 1. The molecule has 1 heterocycles. The topological polar surface area (TPSA) is 96.9 Å². The molecule has 0 radical (unpaired) electrons. The van der Waals surface area contributed by atoms with Crippen LogP contribution in [-0.4, -0.2) is 15.0 Å². The van der Waals surface area contributed by atoms with Crippen molar-refractivity contribution in [1.29, 1.82) is 5.26 Å². The number of nitrogens with zero attached hydrogens (tertiary/aromatic N) is 3. The SMILES string of the molecule is Cn1c(=O)ccn(CC(=O)Nc2ccc(F)c(C#N)c2)c1=O. The smallest absolute Gasteiger partial charge is 0.324 e. The molecule has 1 N–H and O–H groups in total. The van der Waals surface area contributed by atoms with E-state index in [9.17, 15) is 18.8 Å². The van der Waals surface area contributed by atoms with Crippen LogP contribution in [0.25, 0.3) is 0 Å². The molecule has 0 saturated carbocycles. The fourth-order valence-corrected chi connectivity index (χ4v) is 1.78. The Kier molecular flexibility index (Phi) is 4.18. The van der Waals surface area contributed by atoms with Crippen LogP contribution in [0, 0.1) is 17.1 Å². The van der Waals surface area contributed by atoms with Gasteiger partial charge in [0.25, 0.3) is 5.56 Å². The monoisotopic (exact) mass is 302 g/mol. The van der Waals surface area contributed by atoms with Gasteiger partial charge in [0.05, 0.1) is 5.56 Å². The lowest BCUT2D eigenvalue weighted by Crippen LogP contribution is -2.38. The van der Waals surface area contributed by atoms with Gasteiger partial charge >= 0.3 is 5.69 Å². The van der Waals surface area contributed by atoms with Gasteiger partial charge in [-0.05, 0) is 18.2 Å². The highest BCUT2D eigenvalue weighted by molar-refractivity contribution is 5.90. The molecule has 0 atom stereocenters. The van der Waals surface area contributed by atoms with E-state index >= 15 is 0 Å². The molecule has 0 aliphatic rings. The van der Waals surface area contributed by atoms with Crippen molar-refractivity contribution in [2.45, 2.75) is 6.54 Å². The van der Waals surface area contributed by atoms with Gasteiger partial charge in [0.15, 0.2) is 0 Å². The fraction of sp³-hybridized carbons (Fsp3) is 0.143. The minimum atomic E-state index is -0.685. The molecule has 1 aromatic heterocycles. The van der Waals surface area contributed by atoms with Gasteiger partial charge in [-0.15, -0.1) is 0 Å². The first-order chi connectivity index (χ1) is 10.4. The Balaban J connectivity index is 2.18. The van der Waals surface area contributed by atoms with Crippen LogP contribution in [-0.2, 0) is 18.4 Å². The summed E-state index contributed by atoms with van der Waals surface area (Å²) in [6.45, 7) is -0.313. The van der Waals surface area contributed by atoms with Crippen molar-refractivity contribution in [3.05, 3.63) is 62.7 Å². The predicted octanol–water partition coefficient (Wildman–Crippen LogP) is 0.196. The lowest BCUT2D eigenvalue weighted by molar-refractivity contribution is -0.116. The van der Waals surface area contributed by atoms with Crippen LogP contribution in [0.1, 0.15) is 5.56 Å². The summed E-state index contributed by atoms with van der Waals surface area (Å²) in [6, 6.07) is 6.39. The molecule has 2 rings (SSSR count). The molecule has 8 heteroatoms. The molecule has 1 amide bonds. The number of rotatable bonds is 3. The molecule has 0 aliphatic heterocycles. The van der Waals surface area contributed by atoms with E-state index in [1.54, 1.807) is 6.07 Å². The molecular formula is C14H11FN4O3. The van der Waals surface area contributed by atoms with Gasteiger partial charge in [-0.3, -0.25) is 18.7 Å². The maximum Gasteiger partial charge on any atom is 0.331 e. The third kappa shape index (κ3) is 3.09. The third-order valence-electron chi connectivity index (χ3n) is 2.94. The number of carbonyl (C=O) groups is 1. The van der Waals surface area contributed by atoms with Crippen molar-refractivity contribution in [2.24, 2.45) is 7.05 Å². The highest BCUT2D eigenvalue weighted by Crippen LogP contribution is 2.13. The van der Waals surface area contributed by atoms with Crippen LogP contribution in [0.2, 0.25) is 0 Å². The Morgan fingerprint density at radius 2 is 2.09 bits per heavy atom. The minimum absolute atomic E-state index is 0.197. The van der Waals surface area contributed by atoms with E-state index in [-0.39, 0.29) is 17.8 Å². The molecule has 7 nitrogen and oxygen atoms in total. The maximum atomic E-state index is 13.2. The van der Waals surface area contributed by atoms with Crippen LogP contribution < -0.4 is 16.6 Å². The first-order valence-corrected chi connectivity index (χ1v) is 6.18. The Labute approximate surface area is 123 Å². The first-order valence-electron chi connectivity index (χ1n) is 6.18. The van der Waals surface area contributed by atoms with Crippen LogP contribution in [0.5, 0.6) is 0 Å². The number of halogens is 1. The number of hydrogen-bond acceptors (Lipinski definition) is 4. The molecule has 22 heavy (non-hydrogen) atoms. The van der Waals surface area contributed by atoms with Gasteiger partial charge in [0.2, 0.25) is 5.91 Å². The molecule has 0 fully saturated rings. The second-order valence-corrected chi connectivity index (χ2v) is 4.48. The van der Waals surface area contributed by atoms with Gasteiger partial charge in [-0.25, -0.2) is 9.18 Å². The molecule has 0 spiro atoms. The summed E-state index contributed by atoms with van der Waals surface area (Å²) >= 11 is 0. The lowest BCUT2D eigenvalue weighted by Gasteiger charge is -2.08. The number of nitrogens with one attached hydrogen (secondary N) is 1. The van der Waals surface area contributed by atoms with E-state index in [0.29, 0.717) is 0 Å². The molecule has 112 valence electrons.